The molecule has 0 aromatic rings. The van der Waals surface area contributed by atoms with Crippen LogP contribution in [0, 0.1) is 0 Å². The van der Waals surface area contributed by atoms with Crippen molar-refractivity contribution in [2.75, 3.05) is 13.2 Å². The van der Waals surface area contributed by atoms with Gasteiger partial charge in [0, 0.05) is 12.8 Å². The fourth-order valence-electron chi connectivity index (χ4n) is 8.57. The van der Waals surface area contributed by atoms with Crippen LogP contribution in [0.5, 0.6) is 0 Å². The highest BCUT2D eigenvalue weighted by atomic mass is 16.6. The summed E-state index contributed by atoms with van der Waals surface area (Å²) in [4.78, 5) is 38.2. The molecule has 79 heavy (non-hydrogen) atoms. The summed E-state index contributed by atoms with van der Waals surface area (Å²) < 4.78 is 16.8. The highest BCUT2D eigenvalue weighted by Crippen LogP contribution is 2.15. The molecule has 0 saturated heterocycles. The summed E-state index contributed by atoms with van der Waals surface area (Å²) in [6.45, 7) is 6.30. The fraction of sp³-hybridized carbons (Fsp3) is 0.630. The molecule has 0 radical (unpaired) electrons. The van der Waals surface area contributed by atoms with E-state index in [0.29, 0.717) is 6.42 Å². The van der Waals surface area contributed by atoms with E-state index in [2.05, 4.69) is 154 Å². The molecule has 0 aromatic heterocycles. The molecule has 6 heteroatoms. The third-order valence-electron chi connectivity index (χ3n) is 13.3. The van der Waals surface area contributed by atoms with E-state index in [0.717, 1.165) is 122 Å². The largest absolute Gasteiger partial charge is 0.462 e. The summed E-state index contributed by atoms with van der Waals surface area (Å²) in [5.41, 5.74) is 0. The van der Waals surface area contributed by atoms with Crippen LogP contribution in [0.3, 0.4) is 0 Å². The predicted molar refractivity (Wildman–Crippen MR) is 343 cm³/mol. The molecule has 0 heterocycles. The van der Waals surface area contributed by atoms with Crippen LogP contribution in [-0.2, 0) is 28.6 Å². The Morgan fingerprint density at radius 1 is 0.278 bits per heavy atom. The van der Waals surface area contributed by atoms with E-state index in [4.69, 9.17) is 14.2 Å². The van der Waals surface area contributed by atoms with Crippen molar-refractivity contribution in [3.63, 3.8) is 0 Å². The molecule has 0 amide bonds. The van der Waals surface area contributed by atoms with Gasteiger partial charge >= 0.3 is 17.9 Å². The number of ether oxygens (including phenoxy) is 3. The second kappa shape index (κ2) is 65.8. The smallest absolute Gasteiger partial charge is 0.309 e. The Hall–Kier alpha value is -4.71. The second-order valence-corrected chi connectivity index (χ2v) is 20.9. The Labute approximate surface area is 487 Å². The predicted octanol–water partition coefficient (Wildman–Crippen LogP) is 22.3. The van der Waals surface area contributed by atoms with Crippen molar-refractivity contribution in [2.45, 2.75) is 284 Å². The van der Waals surface area contributed by atoms with Crippen LogP contribution >= 0.6 is 0 Å². The van der Waals surface area contributed by atoms with Crippen molar-refractivity contribution in [3.05, 3.63) is 146 Å². The fourth-order valence-corrected chi connectivity index (χ4v) is 8.57. The van der Waals surface area contributed by atoms with Crippen molar-refractivity contribution < 1.29 is 28.6 Å². The third-order valence-corrected chi connectivity index (χ3v) is 13.3. The number of unbranched alkanes of at least 4 members (excludes halogenated alkanes) is 23. The van der Waals surface area contributed by atoms with Gasteiger partial charge in [0.2, 0.25) is 0 Å². The Morgan fingerprint density at radius 3 is 0.886 bits per heavy atom. The van der Waals surface area contributed by atoms with Crippen LogP contribution in [-0.4, -0.2) is 37.2 Å². The molecular weight excluding hydrogens is 973 g/mol. The van der Waals surface area contributed by atoms with E-state index in [1.54, 1.807) is 6.08 Å². The Kier molecular flexibility index (Phi) is 61.9. The number of allylic oxidation sites excluding steroid dienone is 23. The van der Waals surface area contributed by atoms with Gasteiger partial charge in [0.25, 0.3) is 0 Å². The Morgan fingerprint density at radius 2 is 0.544 bits per heavy atom. The number of carbonyl (C=O) groups excluding carboxylic acids is 3. The van der Waals surface area contributed by atoms with Gasteiger partial charge in [0.05, 0.1) is 6.42 Å². The molecule has 0 aromatic carbocycles. The van der Waals surface area contributed by atoms with Gasteiger partial charge in [0.15, 0.2) is 6.10 Å². The third kappa shape index (κ3) is 64.0. The molecule has 1 unspecified atom stereocenters. The van der Waals surface area contributed by atoms with Crippen LogP contribution in [0.15, 0.2) is 146 Å². The lowest BCUT2D eigenvalue weighted by Gasteiger charge is -2.18. The topological polar surface area (TPSA) is 78.9 Å². The quantitative estimate of drug-likeness (QED) is 0.0261. The maximum atomic E-state index is 12.9. The molecule has 0 fully saturated rings. The summed E-state index contributed by atoms with van der Waals surface area (Å²) in [7, 11) is 0. The SMILES string of the molecule is CC/C=C\C/C=C\C/C=C\C/C=C\C/C=C\CC(=O)OCC(COC(=O)CCCCCCCCCCCCCCCC/C=C\C/C=C\C/C=C\CCCCCCC)OC(=O)CCCCCC/C=C\C/C=C\C/C=C\C/C=C\CC. The van der Waals surface area contributed by atoms with Gasteiger partial charge in [-0.05, 0) is 122 Å². The zero-order valence-corrected chi connectivity index (χ0v) is 51.1. The van der Waals surface area contributed by atoms with Crippen LogP contribution in [0.2, 0.25) is 0 Å². The summed E-state index contributed by atoms with van der Waals surface area (Å²) in [5, 5.41) is 0. The summed E-state index contributed by atoms with van der Waals surface area (Å²) >= 11 is 0. The molecule has 0 spiro atoms. The molecule has 0 bridgehead atoms. The van der Waals surface area contributed by atoms with E-state index in [1.807, 2.05) is 6.08 Å². The van der Waals surface area contributed by atoms with Crippen molar-refractivity contribution >= 4 is 17.9 Å². The number of hydrogen-bond acceptors (Lipinski definition) is 6. The highest BCUT2D eigenvalue weighted by molar-refractivity contribution is 5.72. The minimum Gasteiger partial charge on any atom is -0.462 e. The minimum absolute atomic E-state index is 0.116. The summed E-state index contributed by atoms with van der Waals surface area (Å²) in [6.07, 6.45) is 94.6. The molecule has 0 aliphatic heterocycles. The molecule has 0 rings (SSSR count). The van der Waals surface area contributed by atoms with E-state index >= 15 is 0 Å². The van der Waals surface area contributed by atoms with Gasteiger partial charge in [-0.25, -0.2) is 0 Å². The highest BCUT2D eigenvalue weighted by Gasteiger charge is 2.19. The summed E-state index contributed by atoms with van der Waals surface area (Å²) in [6, 6.07) is 0. The molecule has 446 valence electrons. The number of hydrogen-bond donors (Lipinski definition) is 0. The first-order chi connectivity index (χ1) is 39.0. The average molecular weight is 1090 g/mol. The zero-order chi connectivity index (χ0) is 57.1. The molecule has 1 atom stereocenters. The first kappa shape index (κ1) is 74.3. The first-order valence-electron chi connectivity index (χ1n) is 32.3. The zero-order valence-electron chi connectivity index (χ0n) is 51.1. The van der Waals surface area contributed by atoms with E-state index < -0.39 is 12.1 Å². The minimum atomic E-state index is -0.838. The number of carbonyl (C=O) groups is 3. The number of rotatable bonds is 57. The molecule has 0 aliphatic rings. The van der Waals surface area contributed by atoms with Crippen molar-refractivity contribution in [1.29, 1.82) is 0 Å². The first-order valence-corrected chi connectivity index (χ1v) is 32.3. The van der Waals surface area contributed by atoms with Gasteiger partial charge in [-0.15, -0.1) is 0 Å². The molecule has 0 aliphatic carbocycles. The van der Waals surface area contributed by atoms with Crippen LogP contribution in [0.4, 0.5) is 0 Å². The second-order valence-electron chi connectivity index (χ2n) is 20.9. The van der Waals surface area contributed by atoms with Gasteiger partial charge in [-0.2, -0.15) is 0 Å². The molecule has 6 nitrogen and oxygen atoms in total. The molecule has 0 N–H and O–H groups in total. The van der Waals surface area contributed by atoms with E-state index in [9.17, 15) is 14.4 Å². The van der Waals surface area contributed by atoms with Crippen LogP contribution in [0.25, 0.3) is 0 Å². The normalized spacial score (nSPS) is 13.1. The number of esters is 3. The lowest BCUT2D eigenvalue weighted by atomic mass is 10.0. The van der Waals surface area contributed by atoms with Gasteiger partial charge in [-0.1, -0.05) is 282 Å². The van der Waals surface area contributed by atoms with E-state index in [1.165, 1.54) is 116 Å². The van der Waals surface area contributed by atoms with E-state index in [-0.39, 0.29) is 38.0 Å². The average Bonchev–Trinajstić information content (AvgIpc) is 3.45. The van der Waals surface area contributed by atoms with Crippen molar-refractivity contribution in [3.8, 4) is 0 Å². The standard InChI is InChI=1S/C73H118O6/c1-4-7-10-13-16-19-22-25-28-30-31-32-33-34-35-36-37-38-39-40-41-43-45-48-51-54-57-60-63-66-72(75)78-69-70(68-77-71(74)65-62-59-56-53-50-47-44-27-24-21-18-15-12-9-6-3)79-73(76)67-64-61-58-55-52-49-46-42-29-26-23-20-17-14-11-8-5-2/h8-9,11-12,17-18,20-22,25-27,29-31,33-34,44,46,49-50,53,59,62,70H,4-7,10,13-16,19,23-24,28,32,35-43,45,47-48,51-52,54-58,60-61,63-69H2,1-3H3/b11-8-,12-9-,20-17-,21-18-,25-22-,29-26-,31-30-,34-33-,44-27-,49-46-,53-50-,62-59-. The lowest BCUT2D eigenvalue weighted by molar-refractivity contribution is -0.166. The van der Waals surface area contributed by atoms with Crippen LogP contribution < -0.4 is 0 Å². The maximum Gasteiger partial charge on any atom is 0.309 e. The Balaban J connectivity index is 4.38. The van der Waals surface area contributed by atoms with Crippen LogP contribution in [0.1, 0.15) is 278 Å². The van der Waals surface area contributed by atoms with Gasteiger partial charge in [-0.3, -0.25) is 14.4 Å². The lowest BCUT2D eigenvalue weighted by Crippen LogP contribution is -2.30. The molecular formula is C73H118O6. The van der Waals surface area contributed by atoms with Gasteiger partial charge in [0.1, 0.15) is 13.2 Å². The summed E-state index contributed by atoms with van der Waals surface area (Å²) in [5.74, 6) is -1.08. The van der Waals surface area contributed by atoms with Gasteiger partial charge < -0.3 is 14.2 Å². The van der Waals surface area contributed by atoms with Crippen molar-refractivity contribution in [1.82, 2.24) is 0 Å². The monoisotopic (exact) mass is 1090 g/mol. The molecule has 0 saturated carbocycles. The maximum absolute atomic E-state index is 12.9. The Bertz CT molecular complexity index is 1730. The van der Waals surface area contributed by atoms with Crippen molar-refractivity contribution in [2.24, 2.45) is 0 Å².